The fraction of sp³-hybridized carbons (Fsp3) is 0.308. The molecule has 100 valence electrons. The van der Waals surface area contributed by atoms with Gasteiger partial charge in [0.15, 0.2) is 0 Å². The van der Waals surface area contributed by atoms with E-state index in [1.165, 1.54) is 0 Å². The third kappa shape index (κ3) is 3.51. The van der Waals surface area contributed by atoms with Crippen LogP contribution in [0.3, 0.4) is 0 Å². The molecule has 1 unspecified atom stereocenters. The van der Waals surface area contributed by atoms with Crippen molar-refractivity contribution in [1.29, 1.82) is 0 Å². The second kappa shape index (κ2) is 5.79. The molecule has 2 amide bonds. The van der Waals surface area contributed by atoms with E-state index in [1.54, 1.807) is 24.3 Å². The minimum Gasteiger partial charge on any atom is -0.389 e. The first-order valence-corrected chi connectivity index (χ1v) is 6.44. The molecule has 1 aromatic carbocycles. The molecular formula is C13H15N3O2S. The number of thiocarbonyl (C=S) groups is 1. The second-order valence-electron chi connectivity index (χ2n) is 4.45. The Morgan fingerprint density at radius 1 is 1.32 bits per heavy atom. The van der Waals surface area contributed by atoms with Gasteiger partial charge in [0.25, 0.3) is 5.91 Å². The zero-order valence-corrected chi connectivity index (χ0v) is 11.1. The number of hydrogen-bond acceptors (Lipinski definition) is 3. The maximum Gasteiger partial charge on any atom is 0.251 e. The van der Waals surface area contributed by atoms with Crippen LogP contribution in [0.25, 0.3) is 0 Å². The summed E-state index contributed by atoms with van der Waals surface area (Å²) in [5.74, 6) is -0.123. The molecule has 19 heavy (non-hydrogen) atoms. The van der Waals surface area contributed by atoms with Crippen molar-refractivity contribution in [3.05, 3.63) is 35.4 Å². The molecule has 6 heteroatoms. The normalized spacial score (nSPS) is 18.5. The topological polar surface area (TPSA) is 84.2 Å². The first-order valence-electron chi connectivity index (χ1n) is 6.03. The van der Waals surface area contributed by atoms with E-state index in [1.807, 2.05) is 0 Å². The van der Waals surface area contributed by atoms with Gasteiger partial charge in [-0.3, -0.25) is 9.59 Å². The number of hydrogen-bond donors (Lipinski definition) is 3. The number of rotatable bonds is 3. The van der Waals surface area contributed by atoms with Crippen LogP contribution in [0.15, 0.2) is 24.3 Å². The summed E-state index contributed by atoms with van der Waals surface area (Å²) in [6.45, 7) is 0.482. The highest BCUT2D eigenvalue weighted by atomic mass is 32.1. The van der Waals surface area contributed by atoms with Crippen LogP contribution in [0.2, 0.25) is 0 Å². The number of benzene rings is 1. The van der Waals surface area contributed by atoms with Crippen LogP contribution in [-0.2, 0) is 4.79 Å². The molecule has 1 saturated heterocycles. The summed E-state index contributed by atoms with van der Waals surface area (Å²) in [6, 6.07) is 6.80. The maximum atomic E-state index is 12.0. The van der Waals surface area contributed by atoms with Crippen molar-refractivity contribution in [2.45, 2.75) is 18.9 Å². The van der Waals surface area contributed by atoms with Crippen molar-refractivity contribution in [2.75, 3.05) is 6.54 Å². The standard InChI is InChI=1S/C13H15N3O2S/c14-12(19)8-1-3-9(4-2-8)13(18)16-10-5-6-11(17)15-7-10/h1-4,10H,5-7H2,(H2,14,19)(H,15,17)(H,16,18). The number of piperidine rings is 1. The van der Waals surface area contributed by atoms with Gasteiger partial charge in [-0.15, -0.1) is 0 Å². The third-order valence-corrected chi connectivity index (χ3v) is 3.27. The van der Waals surface area contributed by atoms with Crippen LogP contribution in [-0.4, -0.2) is 29.4 Å². The second-order valence-corrected chi connectivity index (χ2v) is 4.89. The van der Waals surface area contributed by atoms with E-state index in [0.29, 0.717) is 29.9 Å². The number of nitrogens with one attached hydrogen (secondary N) is 2. The van der Waals surface area contributed by atoms with Crippen molar-refractivity contribution < 1.29 is 9.59 Å². The Labute approximate surface area is 116 Å². The average molecular weight is 277 g/mol. The fourth-order valence-corrected chi connectivity index (χ4v) is 2.05. The molecule has 1 atom stereocenters. The Balaban J connectivity index is 1.96. The van der Waals surface area contributed by atoms with Crippen LogP contribution < -0.4 is 16.4 Å². The molecule has 0 aromatic heterocycles. The molecule has 1 aliphatic rings. The number of amides is 2. The smallest absolute Gasteiger partial charge is 0.251 e. The quantitative estimate of drug-likeness (QED) is 0.695. The minimum atomic E-state index is -0.157. The Hall–Kier alpha value is -1.95. The lowest BCUT2D eigenvalue weighted by Gasteiger charge is -2.23. The SMILES string of the molecule is NC(=S)c1ccc(C(=O)NC2CCC(=O)NC2)cc1. The highest BCUT2D eigenvalue weighted by Gasteiger charge is 2.20. The molecule has 0 spiro atoms. The van der Waals surface area contributed by atoms with E-state index in [0.717, 1.165) is 5.56 Å². The molecule has 5 nitrogen and oxygen atoms in total. The summed E-state index contributed by atoms with van der Waals surface area (Å²) >= 11 is 4.85. The van der Waals surface area contributed by atoms with Gasteiger partial charge >= 0.3 is 0 Å². The first-order chi connectivity index (χ1) is 9.06. The summed E-state index contributed by atoms with van der Waals surface area (Å²) in [6.07, 6.45) is 1.12. The number of nitrogens with two attached hydrogens (primary N) is 1. The Morgan fingerprint density at radius 3 is 2.47 bits per heavy atom. The number of carbonyl (C=O) groups is 2. The highest BCUT2D eigenvalue weighted by molar-refractivity contribution is 7.80. The van der Waals surface area contributed by atoms with Gasteiger partial charge in [-0.2, -0.15) is 0 Å². The lowest BCUT2D eigenvalue weighted by atomic mass is 10.1. The zero-order chi connectivity index (χ0) is 13.8. The summed E-state index contributed by atoms with van der Waals surface area (Å²) in [7, 11) is 0. The maximum absolute atomic E-state index is 12.0. The first kappa shape index (κ1) is 13.5. The van der Waals surface area contributed by atoms with Crippen LogP contribution in [0, 0.1) is 0 Å². The molecule has 4 N–H and O–H groups in total. The Bertz CT molecular complexity index is 503. The summed E-state index contributed by atoms with van der Waals surface area (Å²) in [5, 5.41) is 5.61. The van der Waals surface area contributed by atoms with E-state index in [9.17, 15) is 9.59 Å². The van der Waals surface area contributed by atoms with Crippen LogP contribution in [0.1, 0.15) is 28.8 Å². The van der Waals surface area contributed by atoms with Gasteiger partial charge in [0.05, 0.1) is 0 Å². The molecule has 0 saturated carbocycles. The molecule has 0 bridgehead atoms. The van der Waals surface area contributed by atoms with E-state index in [4.69, 9.17) is 18.0 Å². The van der Waals surface area contributed by atoms with Crippen molar-refractivity contribution in [2.24, 2.45) is 5.73 Å². The number of carbonyl (C=O) groups excluding carboxylic acids is 2. The van der Waals surface area contributed by atoms with Crippen LogP contribution >= 0.6 is 12.2 Å². The Kier molecular flexibility index (Phi) is 4.11. The monoisotopic (exact) mass is 277 g/mol. The molecule has 0 aliphatic carbocycles. The molecular weight excluding hydrogens is 262 g/mol. The molecule has 1 aromatic rings. The predicted octanol–water partition coefficient (Wildman–Crippen LogP) is 0.329. The summed E-state index contributed by atoms with van der Waals surface area (Å²) in [5.41, 5.74) is 6.78. The van der Waals surface area contributed by atoms with Gasteiger partial charge in [-0.1, -0.05) is 24.4 Å². The van der Waals surface area contributed by atoms with Gasteiger partial charge in [-0.25, -0.2) is 0 Å². The fourth-order valence-electron chi connectivity index (χ4n) is 1.91. The van der Waals surface area contributed by atoms with E-state index >= 15 is 0 Å². The van der Waals surface area contributed by atoms with Gasteiger partial charge in [0.1, 0.15) is 4.99 Å². The van der Waals surface area contributed by atoms with Gasteiger partial charge < -0.3 is 16.4 Å². The lowest BCUT2D eigenvalue weighted by Crippen LogP contribution is -2.47. The van der Waals surface area contributed by atoms with Gasteiger partial charge in [0.2, 0.25) is 5.91 Å². The van der Waals surface area contributed by atoms with Crippen molar-refractivity contribution in [1.82, 2.24) is 10.6 Å². The molecule has 1 aliphatic heterocycles. The zero-order valence-electron chi connectivity index (χ0n) is 10.3. The molecule has 0 radical (unpaired) electrons. The highest BCUT2D eigenvalue weighted by Crippen LogP contribution is 2.07. The summed E-state index contributed by atoms with van der Waals surface area (Å²) < 4.78 is 0. The predicted molar refractivity (Wildman–Crippen MR) is 75.8 cm³/mol. The van der Waals surface area contributed by atoms with E-state index in [-0.39, 0.29) is 17.9 Å². The third-order valence-electron chi connectivity index (χ3n) is 3.03. The lowest BCUT2D eigenvalue weighted by molar-refractivity contribution is -0.122. The van der Waals surface area contributed by atoms with Crippen molar-refractivity contribution in [3.63, 3.8) is 0 Å². The largest absolute Gasteiger partial charge is 0.389 e. The molecule has 2 rings (SSSR count). The van der Waals surface area contributed by atoms with E-state index in [2.05, 4.69) is 10.6 Å². The average Bonchev–Trinajstić information content (AvgIpc) is 2.41. The van der Waals surface area contributed by atoms with Crippen LogP contribution in [0.4, 0.5) is 0 Å². The molecule has 1 fully saturated rings. The van der Waals surface area contributed by atoms with Crippen molar-refractivity contribution >= 4 is 29.0 Å². The molecule has 1 heterocycles. The van der Waals surface area contributed by atoms with Crippen LogP contribution in [0.5, 0.6) is 0 Å². The Morgan fingerprint density at radius 2 is 1.95 bits per heavy atom. The van der Waals surface area contributed by atoms with E-state index < -0.39 is 0 Å². The minimum absolute atomic E-state index is 0.0135. The van der Waals surface area contributed by atoms with Gasteiger partial charge in [0, 0.05) is 30.1 Å². The van der Waals surface area contributed by atoms with Gasteiger partial charge in [-0.05, 0) is 18.6 Å². The van der Waals surface area contributed by atoms with Crippen molar-refractivity contribution in [3.8, 4) is 0 Å². The summed E-state index contributed by atoms with van der Waals surface area (Å²) in [4.78, 5) is 23.3.